The molecule has 0 unspecified atom stereocenters. The zero-order chi connectivity index (χ0) is 14.0. The highest BCUT2D eigenvalue weighted by atomic mass is 16.5. The number of carbonyl (C=O) groups is 1. The number of ketones is 1. The maximum Gasteiger partial charge on any atom is 0.130 e. The van der Waals surface area contributed by atoms with E-state index in [1.165, 1.54) is 5.56 Å². The van der Waals surface area contributed by atoms with E-state index in [4.69, 9.17) is 4.74 Å². The smallest absolute Gasteiger partial charge is 0.130 e. The van der Waals surface area contributed by atoms with Crippen molar-refractivity contribution in [2.24, 2.45) is 0 Å². The molecule has 1 N–H and O–H groups in total. The molecule has 102 valence electrons. The molecule has 0 aliphatic carbocycles. The van der Waals surface area contributed by atoms with Crippen molar-refractivity contribution in [2.45, 2.75) is 46.6 Å². The van der Waals surface area contributed by atoms with Crippen molar-refractivity contribution in [3.05, 3.63) is 29.5 Å². The predicted octanol–water partition coefficient (Wildman–Crippen LogP) is 3.79. The molecule has 0 bridgehead atoms. The van der Waals surface area contributed by atoms with Gasteiger partial charge in [-0.15, -0.1) is 0 Å². The molecule has 0 amide bonds. The summed E-state index contributed by atoms with van der Waals surface area (Å²) in [5, 5.41) is 1.16. The summed E-state index contributed by atoms with van der Waals surface area (Å²) < 4.78 is 5.73. The Morgan fingerprint density at radius 2 is 2.11 bits per heavy atom. The normalized spacial score (nSPS) is 11.2. The molecule has 1 aromatic heterocycles. The molecule has 1 aromatic carbocycles. The number of benzene rings is 1. The van der Waals surface area contributed by atoms with Gasteiger partial charge in [0.2, 0.25) is 0 Å². The Morgan fingerprint density at radius 3 is 2.74 bits per heavy atom. The molecule has 0 radical (unpaired) electrons. The molecule has 0 saturated heterocycles. The minimum absolute atomic E-state index is 0.165. The van der Waals surface area contributed by atoms with Crippen LogP contribution in [0, 0.1) is 6.92 Å². The van der Waals surface area contributed by atoms with Gasteiger partial charge in [0.1, 0.15) is 11.5 Å². The third-order valence-corrected chi connectivity index (χ3v) is 3.19. The Morgan fingerprint density at radius 1 is 1.37 bits per heavy atom. The molecule has 0 spiro atoms. The Kier molecular flexibility index (Phi) is 3.93. The number of rotatable bonds is 5. The summed E-state index contributed by atoms with van der Waals surface area (Å²) in [7, 11) is 0. The third-order valence-electron chi connectivity index (χ3n) is 3.19. The van der Waals surface area contributed by atoms with Crippen LogP contribution in [0.25, 0.3) is 10.9 Å². The lowest BCUT2D eigenvalue weighted by atomic mass is 10.0. The van der Waals surface area contributed by atoms with Crippen molar-refractivity contribution < 1.29 is 9.53 Å². The molecule has 3 heteroatoms. The Bertz CT molecular complexity index is 596. The SMILES string of the molecule is CC(=O)CCc1c(C)[nH]c2ccc(OC(C)C)cc12. The number of aromatic amines is 1. The molecule has 1 heterocycles. The highest BCUT2D eigenvalue weighted by molar-refractivity contribution is 5.86. The van der Waals surface area contributed by atoms with Crippen LogP contribution in [-0.2, 0) is 11.2 Å². The maximum atomic E-state index is 11.2. The van der Waals surface area contributed by atoms with E-state index in [-0.39, 0.29) is 11.9 Å². The van der Waals surface area contributed by atoms with Gasteiger partial charge < -0.3 is 14.5 Å². The predicted molar refractivity (Wildman–Crippen MR) is 77.8 cm³/mol. The van der Waals surface area contributed by atoms with Crippen molar-refractivity contribution in [2.75, 3.05) is 0 Å². The van der Waals surface area contributed by atoms with Crippen molar-refractivity contribution in [1.82, 2.24) is 4.98 Å². The van der Waals surface area contributed by atoms with E-state index in [9.17, 15) is 4.79 Å². The lowest BCUT2D eigenvalue weighted by Gasteiger charge is -2.09. The average molecular weight is 259 g/mol. The standard InChI is InChI=1S/C16H21NO2/c1-10(2)19-13-6-8-16-15(9-13)14(12(4)17-16)7-5-11(3)18/h6,8-10,17H,5,7H2,1-4H3. The van der Waals surface area contributed by atoms with Gasteiger partial charge in [0.05, 0.1) is 6.10 Å². The molecule has 0 aliphatic heterocycles. The van der Waals surface area contributed by atoms with Crippen LogP contribution in [0.4, 0.5) is 0 Å². The highest BCUT2D eigenvalue weighted by Gasteiger charge is 2.10. The van der Waals surface area contributed by atoms with Gasteiger partial charge in [0, 0.05) is 23.0 Å². The maximum absolute atomic E-state index is 11.2. The van der Waals surface area contributed by atoms with E-state index in [0.717, 1.165) is 28.8 Å². The van der Waals surface area contributed by atoms with E-state index >= 15 is 0 Å². The second kappa shape index (κ2) is 5.47. The van der Waals surface area contributed by atoms with E-state index in [1.807, 2.05) is 26.0 Å². The van der Waals surface area contributed by atoms with E-state index in [2.05, 4.69) is 18.0 Å². The molecular weight excluding hydrogens is 238 g/mol. The van der Waals surface area contributed by atoms with Gasteiger partial charge in [-0.2, -0.15) is 0 Å². The van der Waals surface area contributed by atoms with Crippen molar-refractivity contribution >= 4 is 16.7 Å². The molecule has 19 heavy (non-hydrogen) atoms. The first-order valence-electron chi connectivity index (χ1n) is 6.74. The van der Waals surface area contributed by atoms with Gasteiger partial charge in [-0.1, -0.05) is 0 Å². The van der Waals surface area contributed by atoms with Gasteiger partial charge in [-0.3, -0.25) is 0 Å². The first-order valence-corrected chi connectivity index (χ1v) is 6.74. The Balaban J connectivity index is 2.38. The van der Waals surface area contributed by atoms with Crippen LogP contribution < -0.4 is 4.74 Å². The third kappa shape index (κ3) is 3.16. The largest absolute Gasteiger partial charge is 0.491 e. The average Bonchev–Trinajstić information content (AvgIpc) is 2.61. The number of nitrogens with one attached hydrogen (secondary N) is 1. The number of aromatic nitrogens is 1. The van der Waals surface area contributed by atoms with Gasteiger partial charge in [0.25, 0.3) is 0 Å². The first kappa shape index (κ1) is 13.7. The molecule has 0 fully saturated rings. The molecule has 0 atom stereocenters. The lowest BCUT2D eigenvalue weighted by molar-refractivity contribution is -0.116. The van der Waals surface area contributed by atoms with E-state index in [1.54, 1.807) is 6.92 Å². The molecule has 2 aromatic rings. The lowest BCUT2D eigenvalue weighted by Crippen LogP contribution is -2.05. The number of Topliss-reactive ketones (excluding diaryl/α,β-unsaturated/α-hetero) is 1. The van der Waals surface area contributed by atoms with E-state index in [0.29, 0.717) is 6.42 Å². The molecule has 0 aliphatic rings. The fourth-order valence-corrected chi connectivity index (χ4v) is 2.33. The molecule has 3 nitrogen and oxygen atoms in total. The van der Waals surface area contributed by atoms with E-state index < -0.39 is 0 Å². The highest BCUT2D eigenvalue weighted by Crippen LogP contribution is 2.27. The number of H-pyrrole nitrogens is 1. The second-order valence-corrected chi connectivity index (χ2v) is 5.30. The summed E-state index contributed by atoms with van der Waals surface area (Å²) in [5.41, 5.74) is 3.46. The number of ether oxygens (including phenoxy) is 1. The fourth-order valence-electron chi connectivity index (χ4n) is 2.33. The fraction of sp³-hybridized carbons (Fsp3) is 0.438. The summed E-state index contributed by atoms with van der Waals surface area (Å²) in [5.74, 6) is 1.11. The Labute approximate surface area is 114 Å². The number of aryl methyl sites for hydroxylation is 2. The molecular formula is C16H21NO2. The van der Waals surface area contributed by atoms with Gasteiger partial charge in [-0.25, -0.2) is 0 Å². The van der Waals surface area contributed by atoms with Gasteiger partial charge in [0.15, 0.2) is 0 Å². The second-order valence-electron chi connectivity index (χ2n) is 5.30. The van der Waals surface area contributed by atoms with Crippen LogP contribution >= 0.6 is 0 Å². The number of fused-ring (bicyclic) bond motifs is 1. The minimum Gasteiger partial charge on any atom is -0.491 e. The van der Waals surface area contributed by atoms with Gasteiger partial charge >= 0.3 is 0 Å². The summed E-state index contributed by atoms with van der Waals surface area (Å²) in [6.45, 7) is 7.72. The number of hydrogen-bond donors (Lipinski definition) is 1. The van der Waals surface area contributed by atoms with Crippen molar-refractivity contribution in [3.63, 3.8) is 0 Å². The summed E-state index contributed by atoms with van der Waals surface area (Å²) in [4.78, 5) is 14.5. The number of carbonyl (C=O) groups excluding carboxylic acids is 1. The van der Waals surface area contributed by atoms with Crippen LogP contribution in [0.1, 0.15) is 38.4 Å². The zero-order valence-corrected chi connectivity index (χ0v) is 12.0. The monoisotopic (exact) mass is 259 g/mol. The van der Waals surface area contributed by atoms with Crippen LogP contribution in [0.15, 0.2) is 18.2 Å². The quantitative estimate of drug-likeness (QED) is 0.887. The van der Waals surface area contributed by atoms with Crippen LogP contribution in [0.5, 0.6) is 5.75 Å². The summed E-state index contributed by atoms with van der Waals surface area (Å²) in [6.07, 6.45) is 1.54. The Hall–Kier alpha value is -1.77. The molecule has 2 rings (SSSR count). The van der Waals surface area contributed by atoms with Crippen LogP contribution in [-0.4, -0.2) is 16.9 Å². The summed E-state index contributed by atoms with van der Waals surface area (Å²) in [6, 6.07) is 6.08. The number of hydrogen-bond acceptors (Lipinski definition) is 2. The minimum atomic E-state index is 0.165. The zero-order valence-electron chi connectivity index (χ0n) is 12.0. The summed E-state index contributed by atoms with van der Waals surface area (Å²) >= 11 is 0. The van der Waals surface area contributed by atoms with Crippen molar-refractivity contribution in [3.8, 4) is 5.75 Å². The van der Waals surface area contributed by atoms with Crippen LogP contribution in [0.3, 0.4) is 0 Å². The first-order chi connectivity index (χ1) is 8.97. The molecule has 0 saturated carbocycles. The van der Waals surface area contributed by atoms with Crippen LogP contribution in [0.2, 0.25) is 0 Å². The van der Waals surface area contributed by atoms with Crippen molar-refractivity contribution in [1.29, 1.82) is 0 Å². The van der Waals surface area contributed by atoms with Gasteiger partial charge in [-0.05, 0) is 57.9 Å². The topological polar surface area (TPSA) is 42.1 Å².